The molecule has 3 aromatic rings. The second-order valence-corrected chi connectivity index (χ2v) is 6.41. The highest BCUT2D eigenvalue weighted by Crippen LogP contribution is 2.24. The summed E-state index contributed by atoms with van der Waals surface area (Å²) >= 11 is 0. The lowest BCUT2D eigenvalue weighted by molar-refractivity contribution is 0.510. The molecule has 1 aliphatic heterocycles. The Morgan fingerprint density at radius 2 is 2.00 bits per heavy atom. The van der Waals surface area contributed by atoms with Gasteiger partial charge in [0.25, 0.3) is 0 Å². The second kappa shape index (κ2) is 7.57. The number of pyridine rings is 1. The number of nitrogens with zero attached hydrogens (tertiary/aromatic N) is 6. The highest BCUT2D eigenvalue weighted by molar-refractivity contribution is 5.59. The van der Waals surface area contributed by atoms with E-state index in [-0.39, 0.29) is 6.04 Å². The molecular weight excluding hydrogens is 328 g/mol. The maximum Gasteiger partial charge on any atom is 0.161 e. The molecule has 1 aliphatic rings. The van der Waals surface area contributed by atoms with Gasteiger partial charge in [-0.25, -0.2) is 19.6 Å². The molecule has 1 atom stereocenters. The molecule has 0 saturated carbocycles. The number of nitrogens with one attached hydrogen (secondary N) is 2. The average molecular weight is 350 g/mol. The van der Waals surface area contributed by atoms with Crippen molar-refractivity contribution < 1.29 is 0 Å². The first-order valence-electron chi connectivity index (χ1n) is 8.90. The molecule has 4 rings (SSSR count). The van der Waals surface area contributed by atoms with E-state index in [1.54, 1.807) is 25.0 Å². The first kappa shape index (κ1) is 16.6. The molecular formula is C18H22N8. The van der Waals surface area contributed by atoms with Gasteiger partial charge in [-0.1, -0.05) is 0 Å². The average Bonchev–Trinajstić information content (AvgIpc) is 3.12. The van der Waals surface area contributed by atoms with E-state index in [2.05, 4.69) is 32.6 Å². The van der Waals surface area contributed by atoms with Crippen molar-refractivity contribution in [1.82, 2.24) is 35.0 Å². The summed E-state index contributed by atoms with van der Waals surface area (Å²) in [7, 11) is 0. The van der Waals surface area contributed by atoms with Crippen molar-refractivity contribution in [1.29, 1.82) is 0 Å². The van der Waals surface area contributed by atoms with E-state index in [0.29, 0.717) is 0 Å². The van der Waals surface area contributed by atoms with Gasteiger partial charge in [0, 0.05) is 43.0 Å². The third kappa shape index (κ3) is 3.55. The molecule has 8 heteroatoms. The van der Waals surface area contributed by atoms with Crippen molar-refractivity contribution in [2.24, 2.45) is 0 Å². The summed E-state index contributed by atoms with van der Waals surface area (Å²) in [6.07, 6.45) is 8.66. The topological polar surface area (TPSA) is 93.4 Å². The van der Waals surface area contributed by atoms with Crippen molar-refractivity contribution in [3.63, 3.8) is 0 Å². The second-order valence-electron chi connectivity index (χ2n) is 6.41. The predicted octanol–water partition coefficient (Wildman–Crippen LogP) is 1.49. The van der Waals surface area contributed by atoms with Crippen molar-refractivity contribution in [2.75, 3.05) is 25.0 Å². The lowest BCUT2D eigenvalue weighted by Gasteiger charge is -2.17. The van der Waals surface area contributed by atoms with Crippen LogP contribution >= 0.6 is 0 Å². The summed E-state index contributed by atoms with van der Waals surface area (Å²) in [4.78, 5) is 17.8. The quantitative estimate of drug-likeness (QED) is 0.720. The lowest BCUT2D eigenvalue weighted by Crippen LogP contribution is -2.19. The molecule has 0 bridgehead atoms. The SMILES string of the molecule is CC(CNc1nc(-c2ccncc2)nc2c1CCNCC2)n1cncn1. The third-order valence-electron chi connectivity index (χ3n) is 4.57. The third-order valence-corrected chi connectivity index (χ3v) is 4.57. The van der Waals surface area contributed by atoms with Crippen LogP contribution in [0.4, 0.5) is 5.82 Å². The van der Waals surface area contributed by atoms with E-state index in [1.165, 1.54) is 5.56 Å². The fourth-order valence-electron chi connectivity index (χ4n) is 3.10. The molecule has 1 unspecified atom stereocenters. The van der Waals surface area contributed by atoms with Gasteiger partial charge in [0.05, 0.1) is 11.7 Å². The van der Waals surface area contributed by atoms with Crippen LogP contribution in [0.3, 0.4) is 0 Å². The molecule has 134 valence electrons. The van der Waals surface area contributed by atoms with Crippen molar-refractivity contribution in [2.45, 2.75) is 25.8 Å². The molecule has 0 spiro atoms. The Morgan fingerprint density at radius 1 is 1.15 bits per heavy atom. The minimum Gasteiger partial charge on any atom is -0.368 e. The van der Waals surface area contributed by atoms with E-state index in [4.69, 9.17) is 9.97 Å². The lowest BCUT2D eigenvalue weighted by atomic mass is 10.1. The molecule has 26 heavy (non-hydrogen) atoms. The Hall–Kier alpha value is -2.87. The normalized spacial score (nSPS) is 15.1. The predicted molar refractivity (Wildman–Crippen MR) is 98.8 cm³/mol. The maximum atomic E-state index is 4.83. The number of hydrogen-bond acceptors (Lipinski definition) is 7. The Balaban J connectivity index is 1.65. The molecule has 4 heterocycles. The van der Waals surface area contributed by atoms with E-state index in [0.717, 1.165) is 55.4 Å². The van der Waals surface area contributed by atoms with Gasteiger partial charge < -0.3 is 10.6 Å². The Bertz CT molecular complexity index is 847. The van der Waals surface area contributed by atoms with Gasteiger partial charge in [-0.15, -0.1) is 0 Å². The van der Waals surface area contributed by atoms with Gasteiger partial charge in [0.1, 0.15) is 18.5 Å². The van der Waals surface area contributed by atoms with Crippen LogP contribution in [0.5, 0.6) is 0 Å². The summed E-state index contributed by atoms with van der Waals surface area (Å²) in [6.45, 7) is 4.70. The Morgan fingerprint density at radius 3 is 2.81 bits per heavy atom. The number of aromatic nitrogens is 6. The van der Waals surface area contributed by atoms with Crippen LogP contribution in [0.1, 0.15) is 24.2 Å². The summed E-state index contributed by atoms with van der Waals surface area (Å²) in [5.41, 5.74) is 3.30. The molecule has 0 radical (unpaired) electrons. The van der Waals surface area contributed by atoms with Crippen molar-refractivity contribution in [3.8, 4) is 11.4 Å². The maximum absolute atomic E-state index is 4.83. The van der Waals surface area contributed by atoms with E-state index < -0.39 is 0 Å². The van der Waals surface area contributed by atoms with E-state index in [1.807, 2.05) is 16.8 Å². The molecule has 0 amide bonds. The zero-order valence-electron chi connectivity index (χ0n) is 14.8. The zero-order valence-corrected chi connectivity index (χ0v) is 14.8. The van der Waals surface area contributed by atoms with E-state index in [9.17, 15) is 0 Å². The molecule has 2 N–H and O–H groups in total. The summed E-state index contributed by atoms with van der Waals surface area (Å²) < 4.78 is 1.85. The first-order valence-corrected chi connectivity index (χ1v) is 8.90. The molecule has 3 aromatic heterocycles. The minimum atomic E-state index is 0.177. The standard InChI is InChI=1S/C18H22N8/c1-13(26-12-21-11-23-26)10-22-18-15-4-8-20-9-5-16(15)24-17(25-18)14-2-6-19-7-3-14/h2-3,6-7,11-13,20H,4-5,8-10H2,1H3,(H,22,24,25). The number of hydrogen-bond donors (Lipinski definition) is 2. The summed E-state index contributed by atoms with van der Waals surface area (Å²) in [5.74, 6) is 1.65. The van der Waals surface area contributed by atoms with E-state index >= 15 is 0 Å². The molecule has 0 aliphatic carbocycles. The van der Waals surface area contributed by atoms with Gasteiger partial charge in [0.2, 0.25) is 0 Å². The number of fused-ring (bicyclic) bond motifs is 1. The molecule has 0 fully saturated rings. The minimum absolute atomic E-state index is 0.177. The van der Waals surface area contributed by atoms with Gasteiger partial charge in [0.15, 0.2) is 5.82 Å². The van der Waals surface area contributed by atoms with Crippen LogP contribution < -0.4 is 10.6 Å². The molecule has 0 aromatic carbocycles. The van der Waals surface area contributed by atoms with Gasteiger partial charge in [-0.3, -0.25) is 4.98 Å². The summed E-state index contributed by atoms with van der Waals surface area (Å²) in [5, 5.41) is 11.2. The summed E-state index contributed by atoms with van der Waals surface area (Å²) in [6, 6.07) is 4.06. The highest BCUT2D eigenvalue weighted by Gasteiger charge is 2.18. The Labute approximate surface area is 152 Å². The van der Waals surface area contributed by atoms with Crippen LogP contribution in [-0.4, -0.2) is 49.4 Å². The van der Waals surface area contributed by atoms with Crippen LogP contribution in [-0.2, 0) is 12.8 Å². The fourth-order valence-corrected chi connectivity index (χ4v) is 3.10. The highest BCUT2D eigenvalue weighted by atomic mass is 15.3. The largest absolute Gasteiger partial charge is 0.368 e. The first-order chi connectivity index (χ1) is 12.8. The van der Waals surface area contributed by atoms with Crippen LogP contribution in [0.2, 0.25) is 0 Å². The van der Waals surface area contributed by atoms with Crippen LogP contribution in [0.15, 0.2) is 37.2 Å². The Kier molecular flexibility index (Phi) is 4.83. The zero-order chi connectivity index (χ0) is 17.8. The molecule has 8 nitrogen and oxygen atoms in total. The van der Waals surface area contributed by atoms with Gasteiger partial charge >= 0.3 is 0 Å². The number of anilines is 1. The monoisotopic (exact) mass is 350 g/mol. The van der Waals surface area contributed by atoms with Crippen molar-refractivity contribution in [3.05, 3.63) is 48.4 Å². The number of rotatable bonds is 5. The fraction of sp³-hybridized carbons (Fsp3) is 0.389. The smallest absolute Gasteiger partial charge is 0.161 e. The van der Waals surface area contributed by atoms with Crippen LogP contribution in [0, 0.1) is 0 Å². The van der Waals surface area contributed by atoms with Gasteiger partial charge in [-0.2, -0.15) is 5.10 Å². The molecule has 0 saturated heterocycles. The van der Waals surface area contributed by atoms with Gasteiger partial charge in [-0.05, 0) is 32.0 Å². The van der Waals surface area contributed by atoms with Crippen molar-refractivity contribution >= 4 is 5.82 Å². The van der Waals surface area contributed by atoms with Crippen LogP contribution in [0.25, 0.3) is 11.4 Å².